The molecule has 19 heavy (non-hydrogen) atoms. The first-order valence-electron chi connectivity index (χ1n) is 6.18. The molecule has 1 atom stereocenters. The molecule has 100 valence electrons. The fourth-order valence-electron chi connectivity index (χ4n) is 2.34. The number of hydrogen-bond donors (Lipinski definition) is 1. The highest BCUT2D eigenvalue weighted by atomic mass is 32.1. The third kappa shape index (κ3) is 2.23. The van der Waals surface area contributed by atoms with Crippen LogP contribution >= 0.6 is 12.2 Å². The Morgan fingerprint density at radius 2 is 2.05 bits per heavy atom. The Bertz CT molecular complexity index is 547. The number of nitrogens with zero attached hydrogens (tertiary/aromatic N) is 1. The molecule has 2 heterocycles. The molecule has 5 nitrogen and oxygen atoms in total. The Kier molecular flexibility index (Phi) is 3.02. The number of amides is 1. The molecule has 6 heteroatoms. The van der Waals surface area contributed by atoms with E-state index < -0.39 is 0 Å². The summed E-state index contributed by atoms with van der Waals surface area (Å²) < 4.78 is 11.1. The topological polar surface area (TPSA) is 50.8 Å². The van der Waals surface area contributed by atoms with Crippen LogP contribution in [-0.4, -0.2) is 30.3 Å². The van der Waals surface area contributed by atoms with Crippen molar-refractivity contribution < 1.29 is 14.3 Å². The van der Waals surface area contributed by atoms with E-state index >= 15 is 0 Å². The average molecular weight is 278 g/mol. The van der Waals surface area contributed by atoms with Crippen LogP contribution in [0.2, 0.25) is 0 Å². The van der Waals surface area contributed by atoms with E-state index in [1.54, 1.807) is 0 Å². The van der Waals surface area contributed by atoms with Gasteiger partial charge in [0.25, 0.3) is 0 Å². The maximum absolute atomic E-state index is 11.4. The lowest BCUT2D eigenvalue weighted by Gasteiger charge is -2.35. The van der Waals surface area contributed by atoms with Gasteiger partial charge in [-0.05, 0) is 31.3 Å². The van der Waals surface area contributed by atoms with E-state index in [1.807, 2.05) is 30.0 Å². The van der Waals surface area contributed by atoms with Crippen molar-refractivity contribution in [3.8, 4) is 11.5 Å². The second-order valence-electron chi connectivity index (χ2n) is 4.60. The van der Waals surface area contributed by atoms with Crippen LogP contribution in [0.15, 0.2) is 18.2 Å². The smallest absolute Gasteiger partial charge is 0.228 e. The molecule has 0 aromatic heterocycles. The predicted octanol–water partition coefficient (Wildman–Crippen LogP) is 1.46. The van der Waals surface area contributed by atoms with E-state index in [9.17, 15) is 4.79 Å². The summed E-state index contributed by atoms with van der Waals surface area (Å²) in [6.45, 7) is 3.09. The molecule has 1 unspecified atom stereocenters. The first kappa shape index (κ1) is 12.2. The van der Waals surface area contributed by atoms with Crippen LogP contribution in [0.1, 0.15) is 13.3 Å². The number of nitrogens with one attached hydrogen (secondary N) is 1. The number of ether oxygens (including phenoxy) is 2. The van der Waals surface area contributed by atoms with Crippen LogP contribution in [0, 0.1) is 0 Å². The molecule has 2 aliphatic heterocycles. The average Bonchev–Trinajstić information content (AvgIpc) is 2.37. The molecular formula is C13H14N2O3S. The Hall–Kier alpha value is -1.82. The third-order valence-electron chi connectivity index (χ3n) is 3.19. The lowest BCUT2D eigenvalue weighted by atomic mass is 10.1. The fourth-order valence-corrected chi connectivity index (χ4v) is 2.74. The largest absolute Gasteiger partial charge is 0.486 e. The van der Waals surface area contributed by atoms with Crippen LogP contribution < -0.4 is 19.7 Å². The monoisotopic (exact) mass is 278 g/mol. The maximum atomic E-state index is 11.4. The summed E-state index contributed by atoms with van der Waals surface area (Å²) in [5.41, 5.74) is 0.904. The molecular weight excluding hydrogens is 264 g/mol. The molecule has 3 rings (SSSR count). The first-order valence-corrected chi connectivity index (χ1v) is 6.58. The SMILES string of the molecule is CC1CC(=O)NC(=S)N1c1ccc2c(c1)OCCO2. The number of benzene rings is 1. The third-order valence-corrected chi connectivity index (χ3v) is 3.49. The summed E-state index contributed by atoms with van der Waals surface area (Å²) in [6, 6.07) is 5.72. The highest BCUT2D eigenvalue weighted by molar-refractivity contribution is 7.80. The molecule has 1 saturated heterocycles. The van der Waals surface area contributed by atoms with E-state index in [4.69, 9.17) is 21.7 Å². The lowest BCUT2D eigenvalue weighted by molar-refractivity contribution is -0.120. The number of carbonyl (C=O) groups is 1. The molecule has 1 fully saturated rings. The summed E-state index contributed by atoms with van der Waals surface area (Å²) in [5, 5.41) is 3.12. The van der Waals surface area contributed by atoms with Gasteiger partial charge in [-0.2, -0.15) is 0 Å². The zero-order chi connectivity index (χ0) is 13.4. The molecule has 1 aromatic rings. The summed E-state index contributed by atoms with van der Waals surface area (Å²) in [5.74, 6) is 1.43. The molecule has 1 aromatic carbocycles. The molecule has 0 saturated carbocycles. The molecule has 0 spiro atoms. The molecule has 0 bridgehead atoms. The van der Waals surface area contributed by atoms with E-state index in [1.165, 1.54) is 0 Å². The second-order valence-corrected chi connectivity index (χ2v) is 4.99. The standard InChI is InChI=1S/C13H14N2O3S/c1-8-6-12(16)14-13(19)15(8)9-2-3-10-11(7-9)18-5-4-17-10/h2-3,7-8H,4-6H2,1H3,(H,14,16,19). The van der Waals surface area contributed by atoms with Crippen molar-refractivity contribution in [2.75, 3.05) is 18.1 Å². The van der Waals surface area contributed by atoms with Crippen LogP contribution in [0.4, 0.5) is 5.69 Å². The zero-order valence-corrected chi connectivity index (χ0v) is 11.3. The molecule has 0 radical (unpaired) electrons. The van der Waals surface area contributed by atoms with Gasteiger partial charge in [0, 0.05) is 24.2 Å². The zero-order valence-electron chi connectivity index (χ0n) is 10.5. The van der Waals surface area contributed by atoms with Crippen molar-refractivity contribution in [2.45, 2.75) is 19.4 Å². The van der Waals surface area contributed by atoms with Crippen molar-refractivity contribution in [2.24, 2.45) is 0 Å². The van der Waals surface area contributed by atoms with Gasteiger partial charge in [0.1, 0.15) is 13.2 Å². The minimum atomic E-state index is -0.0358. The van der Waals surface area contributed by atoms with Gasteiger partial charge in [-0.1, -0.05) is 0 Å². The molecule has 2 aliphatic rings. The van der Waals surface area contributed by atoms with Crippen molar-refractivity contribution in [3.63, 3.8) is 0 Å². The van der Waals surface area contributed by atoms with Crippen LogP contribution in [0.5, 0.6) is 11.5 Å². The van der Waals surface area contributed by atoms with Gasteiger partial charge >= 0.3 is 0 Å². The first-order chi connectivity index (χ1) is 9.15. The summed E-state index contributed by atoms with van der Waals surface area (Å²) in [4.78, 5) is 13.3. The van der Waals surface area contributed by atoms with Crippen molar-refractivity contribution in [3.05, 3.63) is 18.2 Å². The summed E-state index contributed by atoms with van der Waals surface area (Å²) >= 11 is 5.24. The number of rotatable bonds is 1. The van der Waals surface area contributed by atoms with Crippen LogP contribution in [0.25, 0.3) is 0 Å². The van der Waals surface area contributed by atoms with Gasteiger partial charge in [0.2, 0.25) is 5.91 Å². The normalized spacial score (nSPS) is 22.2. The van der Waals surface area contributed by atoms with Gasteiger partial charge in [-0.3, -0.25) is 4.79 Å². The van der Waals surface area contributed by atoms with Crippen LogP contribution in [0.3, 0.4) is 0 Å². The van der Waals surface area contributed by atoms with E-state index in [-0.39, 0.29) is 11.9 Å². The number of fused-ring (bicyclic) bond motifs is 1. The maximum Gasteiger partial charge on any atom is 0.228 e. The Morgan fingerprint density at radius 3 is 2.79 bits per heavy atom. The van der Waals surface area contributed by atoms with Gasteiger partial charge in [0.05, 0.1) is 0 Å². The van der Waals surface area contributed by atoms with Gasteiger partial charge in [0.15, 0.2) is 16.6 Å². The number of carbonyl (C=O) groups excluding carboxylic acids is 1. The van der Waals surface area contributed by atoms with E-state index in [2.05, 4.69) is 5.32 Å². The Morgan fingerprint density at radius 1 is 1.32 bits per heavy atom. The summed E-state index contributed by atoms with van der Waals surface area (Å²) in [6.07, 6.45) is 0.425. The van der Waals surface area contributed by atoms with Gasteiger partial charge in [-0.15, -0.1) is 0 Å². The predicted molar refractivity (Wildman–Crippen MR) is 74.7 cm³/mol. The fraction of sp³-hybridized carbons (Fsp3) is 0.385. The highest BCUT2D eigenvalue weighted by Gasteiger charge is 2.28. The molecule has 1 amide bonds. The van der Waals surface area contributed by atoms with Gasteiger partial charge < -0.3 is 19.7 Å². The van der Waals surface area contributed by atoms with E-state index in [0.29, 0.717) is 24.7 Å². The molecule has 0 aliphatic carbocycles. The van der Waals surface area contributed by atoms with Crippen molar-refractivity contribution >= 4 is 28.9 Å². The number of anilines is 1. The molecule has 1 N–H and O–H groups in total. The van der Waals surface area contributed by atoms with Gasteiger partial charge in [-0.25, -0.2) is 0 Å². The second kappa shape index (κ2) is 4.70. The lowest BCUT2D eigenvalue weighted by Crippen LogP contribution is -2.54. The highest BCUT2D eigenvalue weighted by Crippen LogP contribution is 2.35. The van der Waals surface area contributed by atoms with Crippen molar-refractivity contribution in [1.29, 1.82) is 0 Å². The Balaban J connectivity index is 1.93. The minimum absolute atomic E-state index is 0.0313. The number of thiocarbonyl (C=S) groups is 1. The van der Waals surface area contributed by atoms with Crippen molar-refractivity contribution in [1.82, 2.24) is 5.32 Å². The minimum Gasteiger partial charge on any atom is -0.486 e. The van der Waals surface area contributed by atoms with Crippen LogP contribution in [-0.2, 0) is 4.79 Å². The van der Waals surface area contributed by atoms with E-state index in [0.717, 1.165) is 17.2 Å². The summed E-state index contributed by atoms with van der Waals surface area (Å²) in [7, 11) is 0. The Labute approximate surface area is 116 Å². The number of hydrogen-bond acceptors (Lipinski definition) is 4. The quantitative estimate of drug-likeness (QED) is 0.788.